The first-order valence-corrected chi connectivity index (χ1v) is 16.8. The third kappa shape index (κ3) is 4.69. The van der Waals surface area contributed by atoms with Crippen LogP contribution in [0.1, 0.15) is 123 Å². The highest BCUT2D eigenvalue weighted by Crippen LogP contribution is 2.66. The fraction of sp³-hybridized carbons (Fsp3) is 0.848. The summed E-state index contributed by atoms with van der Waals surface area (Å²) >= 11 is 6.08. The van der Waals surface area contributed by atoms with Gasteiger partial charge in [-0.15, -0.1) is 0 Å². The lowest BCUT2D eigenvalue weighted by atomic mass is 9.49. The highest BCUT2D eigenvalue weighted by Gasteiger charge is 2.61. The van der Waals surface area contributed by atoms with Crippen LogP contribution in [0.2, 0.25) is 0 Å². The first kappa shape index (κ1) is 27.7. The van der Waals surface area contributed by atoms with Gasteiger partial charge in [0.2, 0.25) is 11.8 Å². The van der Waals surface area contributed by atoms with E-state index >= 15 is 0 Å². The number of carbonyl (C=O) groups excluding carboxylic acids is 2. The second-order valence-corrected chi connectivity index (χ2v) is 14.9. The number of nitrogens with zero attached hydrogens (tertiary/aromatic N) is 2. The molecule has 0 aromatic carbocycles. The predicted molar refractivity (Wildman–Crippen MR) is 160 cm³/mol. The third-order valence-corrected chi connectivity index (χ3v) is 13.0. The molecule has 0 aromatic rings. The lowest BCUT2D eigenvalue weighted by Gasteiger charge is -2.58. The molecule has 0 bridgehead atoms. The first-order chi connectivity index (χ1) is 18.7. The van der Waals surface area contributed by atoms with Gasteiger partial charge in [-0.2, -0.15) is 0 Å². The van der Waals surface area contributed by atoms with Gasteiger partial charge in [-0.3, -0.25) is 14.5 Å². The Bertz CT molecular complexity index is 1010. The van der Waals surface area contributed by atoms with Crippen LogP contribution in [-0.2, 0) is 9.59 Å². The Labute approximate surface area is 241 Å². The number of rotatable bonds is 3. The van der Waals surface area contributed by atoms with Crippen LogP contribution in [0.5, 0.6) is 0 Å². The van der Waals surface area contributed by atoms with Crippen LogP contribution in [0.4, 0.5) is 0 Å². The second kappa shape index (κ2) is 10.8. The van der Waals surface area contributed by atoms with Crippen molar-refractivity contribution in [3.8, 4) is 0 Å². The minimum atomic E-state index is 0.0453. The number of fused-ring (bicyclic) bond motifs is 5. The highest BCUT2D eigenvalue weighted by atomic mass is 32.1. The Kier molecular flexibility index (Phi) is 7.65. The van der Waals surface area contributed by atoms with Gasteiger partial charge in [-0.1, -0.05) is 58.4 Å². The summed E-state index contributed by atoms with van der Waals surface area (Å²) in [5.74, 6) is 2.49. The number of allylic oxidation sites excluding steroid dienone is 2. The van der Waals surface area contributed by atoms with Crippen LogP contribution in [0.3, 0.4) is 0 Å². The van der Waals surface area contributed by atoms with Gasteiger partial charge in [0, 0.05) is 42.6 Å². The summed E-state index contributed by atoms with van der Waals surface area (Å²) in [6.07, 6.45) is 21.6. The number of amides is 2. The normalized spacial score (nSPS) is 39.3. The molecule has 6 atom stereocenters. The van der Waals surface area contributed by atoms with E-state index in [-0.39, 0.29) is 28.7 Å². The Balaban J connectivity index is 1.24. The van der Waals surface area contributed by atoms with Crippen LogP contribution in [0.15, 0.2) is 11.8 Å². The molecule has 5 nitrogen and oxygen atoms in total. The molecule has 6 aliphatic rings. The lowest BCUT2D eigenvalue weighted by molar-refractivity contribution is -0.143. The number of hydrogen-bond acceptors (Lipinski definition) is 3. The average Bonchev–Trinajstić information content (AvgIpc) is 3.29. The van der Waals surface area contributed by atoms with E-state index in [9.17, 15) is 9.59 Å². The molecule has 1 aliphatic heterocycles. The van der Waals surface area contributed by atoms with Crippen molar-refractivity contribution < 1.29 is 9.59 Å². The van der Waals surface area contributed by atoms with Crippen molar-refractivity contribution >= 4 is 29.1 Å². The number of nitrogens with one attached hydrogen (secondary N) is 1. The summed E-state index contributed by atoms with van der Waals surface area (Å²) in [5.41, 5.74) is 1.41. The van der Waals surface area contributed by atoms with Gasteiger partial charge in [-0.05, 0) is 99.6 Å². The molecule has 216 valence electrons. The number of piperidine rings is 1. The quantitative estimate of drug-likeness (QED) is 0.384. The van der Waals surface area contributed by atoms with E-state index in [1.807, 2.05) is 11.9 Å². The van der Waals surface area contributed by atoms with E-state index in [2.05, 4.69) is 30.1 Å². The minimum Gasteiger partial charge on any atom is -0.359 e. The summed E-state index contributed by atoms with van der Waals surface area (Å²) in [6, 6.07) is 0.695. The molecule has 1 saturated heterocycles. The number of hydrogen-bond donors (Lipinski definition) is 1. The van der Waals surface area contributed by atoms with Crippen molar-refractivity contribution in [3.63, 3.8) is 0 Å². The van der Waals surface area contributed by atoms with E-state index < -0.39 is 0 Å². The molecule has 0 radical (unpaired) electrons. The molecule has 39 heavy (non-hydrogen) atoms. The standard InChI is InChI=1S/C33H51N3O2S/c1-32-20-18-26-24(14-17-28-33(26,2)21-19-29(37)35(28)3)25(32)15-16-27(32)30(38)36(23-12-8-5-9-13-23)31(39)34-22-10-6-4-7-11-22/h17,22-27H,4-16,18-21H2,1-3H3,(H,34,39)/t24-,25-,26-,27+,32-,33+/m0/s1. The van der Waals surface area contributed by atoms with Crippen LogP contribution in [0, 0.1) is 34.5 Å². The average molecular weight is 554 g/mol. The maximum absolute atomic E-state index is 14.7. The number of carbonyl (C=O) groups is 2. The van der Waals surface area contributed by atoms with Crippen molar-refractivity contribution in [1.82, 2.24) is 15.1 Å². The zero-order valence-corrected chi connectivity index (χ0v) is 25.5. The molecular formula is C33H51N3O2S. The van der Waals surface area contributed by atoms with Gasteiger partial charge in [0.15, 0.2) is 5.11 Å². The molecule has 4 saturated carbocycles. The molecule has 0 unspecified atom stereocenters. The van der Waals surface area contributed by atoms with Crippen molar-refractivity contribution in [2.24, 2.45) is 34.5 Å². The third-order valence-electron chi connectivity index (χ3n) is 12.6. The van der Waals surface area contributed by atoms with Crippen LogP contribution in [-0.4, -0.2) is 45.9 Å². The Morgan fingerprint density at radius 2 is 1.64 bits per heavy atom. The highest BCUT2D eigenvalue weighted by molar-refractivity contribution is 7.80. The van der Waals surface area contributed by atoms with Gasteiger partial charge in [0.25, 0.3) is 0 Å². The van der Waals surface area contributed by atoms with E-state index in [0.717, 1.165) is 50.1 Å². The minimum absolute atomic E-state index is 0.0453. The van der Waals surface area contributed by atoms with Crippen LogP contribution < -0.4 is 5.32 Å². The number of thiocarbonyl (C=S) groups is 1. The fourth-order valence-corrected chi connectivity index (χ4v) is 10.8. The predicted octanol–water partition coefficient (Wildman–Crippen LogP) is 6.96. The molecule has 0 spiro atoms. The molecular weight excluding hydrogens is 502 g/mol. The van der Waals surface area contributed by atoms with Gasteiger partial charge in [0.05, 0.1) is 0 Å². The molecule has 6 heteroatoms. The Morgan fingerprint density at radius 1 is 0.949 bits per heavy atom. The fourth-order valence-electron chi connectivity index (χ4n) is 10.4. The molecule has 6 rings (SSSR count). The zero-order chi connectivity index (χ0) is 27.4. The SMILES string of the molecule is CN1C(=O)CC[C@@]2(C)C1=CC[C@H]1[C@@H]3CC[C@H](C(=O)N(C(=S)NC4CCCCC4)C4CCCCC4)[C@@]3(C)CC[C@@H]12. The first-order valence-electron chi connectivity index (χ1n) is 16.3. The van der Waals surface area contributed by atoms with E-state index in [1.54, 1.807) is 0 Å². The summed E-state index contributed by atoms with van der Waals surface area (Å²) in [5, 5.41) is 4.42. The topological polar surface area (TPSA) is 52.7 Å². The van der Waals surface area contributed by atoms with E-state index in [4.69, 9.17) is 12.2 Å². The maximum Gasteiger partial charge on any atom is 0.232 e. The summed E-state index contributed by atoms with van der Waals surface area (Å²) in [4.78, 5) is 31.2. The van der Waals surface area contributed by atoms with Gasteiger partial charge >= 0.3 is 0 Å². The maximum atomic E-state index is 14.7. The molecule has 5 aliphatic carbocycles. The van der Waals surface area contributed by atoms with Crippen molar-refractivity contribution in [3.05, 3.63) is 11.8 Å². The second-order valence-electron chi connectivity index (χ2n) is 14.5. The van der Waals surface area contributed by atoms with Crippen molar-refractivity contribution in [2.45, 2.75) is 135 Å². The summed E-state index contributed by atoms with van der Waals surface area (Å²) in [6.45, 7) is 4.89. The Hall–Kier alpha value is -1.43. The number of likely N-dealkylation sites (tertiary alicyclic amines) is 1. The largest absolute Gasteiger partial charge is 0.359 e. The van der Waals surface area contributed by atoms with E-state index in [1.165, 1.54) is 63.5 Å². The van der Waals surface area contributed by atoms with Gasteiger partial charge in [-0.25, -0.2) is 0 Å². The summed E-state index contributed by atoms with van der Waals surface area (Å²) < 4.78 is 0. The van der Waals surface area contributed by atoms with Crippen LogP contribution >= 0.6 is 12.2 Å². The van der Waals surface area contributed by atoms with Crippen molar-refractivity contribution in [1.29, 1.82) is 0 Å². The molecule has 0 aromatic heterocycles. The molecule has 5 fully saturated rings. The smallest absolute Gasteiger partial charge is 0.232 e. The summed E-state index contributed by atoms with van der Waals surface area (Å²) in [7, 11) is 1.98. The van der Waals surface area contributed by atoms with Gasteiger partial charge < -0.3 is 10.2 Å². The van der Waals surface area contributed by atoms with Crippen LogP contribution in [0.25, 0.3) is 0 Å². The van der Waals surface area contributed by atoms with Crippen molar-refractivity contribution in [2.75, 3.05) is 7.05 Å². The molecule has 1 N–H and O–H groups in total. The molecule has 2 amide bonds. The zero-order valence-electron chi connectivity index (χ0n) is 24.7. The lowest BCUT2D eigenvalue weighted by Crippen LogP contribution is -2.57. The Morgan fingerprint density at radius 3 is 2.36 bits per heavy atom. The molecule has 1 heterocycles. The van der Waals surface area contributed by atoms with Gasteiger partial charge in [0.1, 0.15) is 0 Å². The van der Waals surface area contributed by atoms with E-state index in [0.29, 0.717) is 36.1 Å². The monoisotopic (exact) mass is 553 g/mol.